The maximum absolute atomic E-state index is 10.9. The average molecular weight is 332 g/mol. The van der Waals surface area contributed by atoms with Gasteiger partial charge in [0.05, 0.1) is 5.02 Å². The molecule has 0 aliphatic heterocycles. The molecule has 1 heterocycles. The number of benzene rings is 1. The summed E-state index contributed by atoms with van der Waals surface area (Å²) in [5.41, 5.74) is 5.02. The summed E-state index contributed by atoms with van der Waals surface area (Å²) in [6, 6.07) is 4.78. The SMILES string of the molecule is NC(=O)OC(COc1ccc(Cl)cc1Cl)Cn1ncnn1. The van der Waals surface area contributed by atoms with Gasteiger partial charge in [-0.2, -0.15) is 4.80 Å². The van der Waals surface area contributed by atoms with Crippen LogP contribution < -0.4 is 10.5 Å². The molecule has 1 unspecified atom stereocenters. The van der Waals surface area contributed by atoms with E-state index in [-0.39, 0.29) is 13.2 Å². The van der Waals surface area contributed by atoms with Crippen LogP contribution in [0.2, 0.25) is 10.0 Å². The third-order valence-electron chi connectivity index (χ3n) is 2.36. The molecule has 0 saturated carbocycles. The lowest BCUT2D eigenvalue weighted by molar-refractivity contribution is 0.0560. The number of rotatable bonds is 6. The van der Waals surface area contributed by atoms with E-state index in [0.29, 0.717) is 15.8 Å². The first-order valence-electron chi connectivity index (χ1n) is 5.79. The van der Waals surface area contributed by atoms with Crippen molar-refractivity contribution >= 4 is 29.3 Å². The zero-order valence-electron chi connectivity index (χ0n) is 10.6. The van der Waals surface area contributed by atoms with Crippen molar-refractivity contribution < 1.29 is 14.3 Å². The van der Waals surface area contributed by atoms with Crippen LogP contribution in [0.3, 0.4) is 0 Å². The summed E-state index contributed by atoms with van der Waals surface area (Å²) in [5, 5.41) is 11.9. The number of carbonyl (C=O) groups is 1. The highest BCUT2D eigenvalue weighted by atomic mass is 35.5. The minimum atomic E-state index is -0.925. The second-order valence-corrected chi connectivity index (χ2v) is 4.78. The number of amides is 1. The summed E-state index contributed by atoms with van der Waals surface area (Å²) < 4.78 is 10.4. The number of halogens is 2. The van der Waals surface area contributed by atoms with E-state index in [4.69, 9.17) is 38.4 Å². The first-order valence-corrected chi connectivity index (χ1v) is 6.55. The Kier molecular flexibility index (Phi) is 5.18. The lowest BCUT2D eigenvalue weighted by atomic mass is 10.3. The summed E-state index contributed by atoms with van der Waals surface area (Å²) in [5.74, 6) is 0.408. The van der Waals surface area contributed by atoms with Gasteiger partial charge in [0.1, 0.15) is 18.9 Å². The average Bonchev–Trinajstić information content (AvgIpc) is 2.89. The van der Waals surface area contributed by atoms with Gasteiger partial charge in [-0.15, -0.1) is 10.2 Å². The molecule has 0 spiro atoms. The molecule has 2 aromatic rings. The molecule has 8 nitrogen and oxygen atoms in total. The zero-order valence-corrected chi connectivity index (χ0v) is 12.2. The number of hydrogen-bond donors (Lipinski definition) is 1. The number of nitrogens with zero attached hydrogens (tertiary/aromatic N) is 4. The van der Waals surface area contributed by atoms with Crippen molar-refractivity contribution in [1.82, 2.24) is 20.2 Å². The standard InChI is InChI=1S/C11H11Cl2N5O3/c12-7-1-2-10(9(13)3-7)20-5-8(21-11(14)19)4-18-16-6-15-17-18/h1-3,6,8H,4-5H2,(H2,14,19). The van der Waals surface area contributed by atoms with Crippen molar-refractivity contribution in [2.24, 2.45) is 5.73 Å². The van der Waals surface area contributed by atoms with Gasteiger partial charge < -0.3 is 15.2 Å². The number of hydrogen-bond acceptors (Lipinski definition) is 6. The quantitative estimate of drug-likeness (QED) is 0.860. The molecule has 0 fully saturated rings. The van der Waals surface area contributed by atoms with Crippen LogP contribution in [0, 0.1) is 0 Å². The molecule has 0 radical (unpaired) electrons. The van der Waals surface area contributed by atoms with Gasteiger partial charge in [0.25, 0.3) is 0 Å². The maximum atomic E-state index is 10.9. The molecule has 10 heteroatoms. The molecule has 1 aromatic carbocycles. The second-order valence-electron chi connectivity index (χ2n) is 3.94. The number of tetrazole rings is 1. The highest BCUT2D eigenvalue weighted by Crippen LogP contribution is 2.27. The number of primary amides is 1. The Morgan fingerprint density at radius 1 is 1.43 bits per heavy atom. The molecular formula is C11H11Cl2N5O3. The van der Waals surface area contributed by atoms with Crippen LogP contribution in [-0.2, 0) is 11.3 Å². The summed E-state index contributed by atoms with van der Waals surface area (Å²) in [6.45, 7) is 0.167. The molecule has 2 rings (SSSR count). The van der Waals surface area contributed by atoms with E-state index in [9.17, 15) is 4.79 Å². The maximum Gasteiger partial charge on any atom is 0.404 e. The van der Waals surface area contributed by atoms with Crippen molar-refractivity contribution in [3.63, 3.8) is 0 Å². The zero-order chi connectivity index (χ0) is 15.2. The topological polar surface area (TPSA) is 105 Å². The van der Waals surface area contributed by atoms with E-state index in [1.807, 2.05) is 0 Å². The lowest BCUT2D eigenvalue weighted by Gasteiger charge is -2.17. The van der Waals surface area contributed by atoms with E-state index in [1.54, 1.807) is 18.2 Å². The van der Waals surface area contributed by atoms with Crippen LogP contribution in [-0.4, -0.2) is 39.0 Å². The minimum Gasteiger partial charge on any atom is -0.488 e. The van der Waals surface area contributed by atoms with Crippen molar-refractivity contribution in [2.75, 3.05) is 6.61 Å². The normalized spacial score (nSPS) is 11.9. The van der Waals surface area contributed by atoms with Gasteiger partial charge >= 0.3 is 6.09 Å². The lowest BCUT2D eigenvalue weighted by Crippen LogP contribution is -2.32. The summed E-state index contributed by atoms with van der Waals surface area (Å²) in [6.07, 6.45) is -0.354. The Morgan fingerprint density at radius 2 is 2.24 bits per heavy atom. The number of carbonyl (C=O) groups excluding carboxylic acids is 1. The first-order chi connectivity index (χ1) is 10.0. The van der Waals surface area contributed by atoms with Gasteiger partial charge in [-0.25, -0.2) is 4.79 Å². The molecule has 1 aromatic heterocycles. The molecule has 21 heavy (non-hydrogen) atoms. The van der Waals surface area contributed by atoms with Crippen LogP contribution in [0.25, 0.3) is 0 Å². The third kappa shape index (κ3) is 4.76. The van der Waals surface area contributed by atoms with Crippen LogP contribution in [0.15, 0.2) is 24.5 Å². The van der Waals surface area contributed by atoms with Gasteiger partial charge in [-0.3, -0.25) is 0 Å². The third-order valence-corrected chi connectivity index (χ3v) is 2.89. The number of nitrogens with two attached hydrogens (primary N) is 1. The van der Waals surface area contributed by atoms with Crippen LogP contribution >= 0.6 is 23.2 Å². The fourth-order valence-corrected chi connectivity index (χ4v) is 1.98. The molecule has 0 aliphatic carbocycles. The van der Waals surface area contributed by atoms with E-state index in [2.05, 4.69) is 15.4 Å². The smallest absolute Gasteiger partial charge is 0.404 e. The van der Waals surface area contributed by atoms with Gasteiger partial charge in [-0.05, 0) is 23.4 Å². The summed E-state index contributed by atoms with van der Waals surface area (Å²) in [4.78, 5) is 12.1. The van der Waals surface area contributed by atoms with Gasteiger partial charge in [-0.1, -0.05) is 23.2 Å². The minimum absolute atomic E-state index is 0.0197. The van der Waals surface area contributed by atoms with Crippen molar-refractivity contribution in [3.8, 4) is 5.75 Å². The summed E-state index contributed by atoms with van der Waals surface area (Å²) >= 11 is 11.8. The van der Waals surface area contributed by atoms with E-state index in [0.717, 1.165) is 0 Å². The first kappa shape index (κ1) is 15.3. The Morgan fingerprint density at radius 3 is 2.86 bits per heavy atom. The Hall–Kier alpha value is -2.06. The van der Waals surface area contributed by atoms with Crippen LogP contribution in [0.1, 0.15) is 0 Å². The van der Waals surface area contributed by atoms with Crippen LogP contribution in [0.4, 0.5) is 4.79 Å². The van der Waals surface area contributed by atoms with Gasteiger partial charge in [0.15, 0.2) is 12.4 Å². The van der Waals surface area contributed by atoms with E-state index >= 15 is 0 Å². The molecule has 0 aliphatic rings. The Balaban J connectivity index is 1.99. The summed E-state index contributed by atoms with van der Waals surface area (Å²) in [7, 11) is 0. The van der Waals surface area contributed by atoms with Crippen molar-refractivity contribution in [1.29, 1.82) is 0 Å². The Bertz CT molecular complexity index is 608. The highest BCUT2D eigenvalue weighted by Gasteiger charge is 2.16. The molecule has 1 atom stereocenters. The predicted molar refractivity (Wildman–Crippen MR) is 74.2 cm³/mol. The van der Waals surface area contributed by atoms with Gasteiger partial charge in [0.2, 0.25) is 0 Å². The fourth-order valence-electron chi connectivity index (χ4n) is 1.52. The highest BCUT2D eigenvalue weighted by molar-refractivity contribution is 6.35. The van der Waals surface area contributed by atoms with Crippen LogP contribution in [0.5, 0.6) is 5.75 Å². The molecular weight excluding hydrogens is 321 g/mol. The van der Waals surface area contributed by atoms with Crippen molar-refractivity contribution in [2.45, 2.75) is 12.6 Å². The van der Waals surface area contributed by atoms with Gasteiger partial charge in [0, 0.05) is 5.02 Å². The van der Waals surface area contributed by atoms with E-state index in [1.165, 1.54) is 11.1 Å². The largest absolute Gasteiger partial charge is 0.488 e. The monoisotopic (exact) mass is 331 g/mol. The second kappa shape index (κ2) is 7.09. The molecule has 1 amide bonds. The molecule has 112 valence electrons. The van der Waals surface area contributed by atoms with E-state index < -0.39 is 12.2 Å². The molecule has 0 saturated heterocycles. The Labute approximate surface area is 129 Å². The molecule has 0 bridgehead atoms. The number of aromatic nitrogens is 4. The fraction of sp³-hybridized carbons (Fsp3) is 0.273. The number of ether oxygens (including phenoxy) is 2. The van der Waals surface area contributed by atoms with Crippen molar-refractivity contribution in [3.05, 3.63) is 34.6 Å². The predicted octanol–water partition coefficient (Wildman–Crippen LogP) is 1.52. The molecule has 2 N–H and O–H groups in total.